The van der Waals surface area contributed by atoms with Crippen molar-refractivity contribution >= 4 is 5.97 Å². The molecule has 0 fully saturated rings. The summed E-state index contributed by atoms with van der Waals surface area (Å²) in [6, 6.07) is 8.01. The van der Waals surface area contributed by atoms with Crippen LogP contribution in [0.3, 0.4) is 0 Å². The first-order valence-electron chi connectivity index (χ1n) is 6.33. The normalized spacial score (nSPS) is 17.0. The van der Waals surface area contributed by atoms with Gasteiger partial charge in [-0.25, -0.2) is 0 Å². The summed E-state index contributed by atoms with van der Waals surface area (Å²) in [6.45, 7) is 2.82. The molecule has 0 amide bonds. The molecule has 18 heavy (non-hydrogen) atoms. The van der Waals surface area contributed by atoms with Crippen LogP contribution in [0.1, 0.15) is 17.5 Å². The molecule has 0 bridgehead atoms. The fourth-order valence-corrected chi connectivity index (χ4v) is 2.34. The Kier molecular flexibility index (Phi) is 4.33. The van der Waals surface area contributed by atoms with E-state index in [1.165, 1.54) is 18.2 Å². The molecule has 2 rings (SSSR count). The summed E-state index contributed by atoms with van der Waals surface area (Å²) < 4.78 is 4.63. The largest absolute Gasteiger partial charge is 0.468 e. The molecule has 0 saturated carbocycles. The van der Waals surface area contributed by atoms with Gasteiger partial charge in [-0.15, -0.1) is 0 Å². The van der Waals surface area contributed by atoms with E-state index in [-0.39, 0.29) is 5.97 Å². The van der Waals surface area contributed by atoms with Gasteiger partial charge in [0.1, 0.15) is 6.04 Å². The molecule has 0 radical (unpaired) electrons. The molecule has 1 aliphatic rings. The van der Waals surface area contributed by atoms with Gasteiger partial charge in [0.25, 0.3) is 0 Å². The van der Waals surface area contributed by atoms with Gasteiger partial charge in [-0.3, -0.25) is 9.69 Å². The van der Waals surface area contributed by atoms with Crippen LogP contribution in [0.4, 0.5) is 0 Å². The first-order valence-corrected chi connectivity index (χ1v) is 6.33. The van der Waals surface area contributed by atoms with Crippen molar-refractivity contribution in [3.8, 4) is 0 Å². The minimum absolute atomic E-state index is 0.326. The van der Waals surface area contributed by atoms with E-state index in [0.717, 1.165) is 26.1 Å². The number of esters is 1. The van der Waals surface area contributed by atoms with Crippen LogP contribution in [0.15, 0.2) is 24.3 Å². The zero-order valence-electron chi connectivity index (χ0n) is 10.8. The van der Waals surface area contributed by atoms with Crippen LogP contribution in [0.2, 0.25) is 0 Å². The van der Waals surface area contributed by atoms with Gasteiger partial charge in [-0.1, -0.05) is 24.3 Å². The van der Waals surface area contributed by atoms with Crippen molar-refractivity contribution in [3.63, 3.8) is 0 Å². The quantitative estimate of drug-likeness (QED) is 0.806. The van der Waals surface area contributed by atoms with Crippen molar-refractivity contribution in [1.82, 2.24) is 4.90 Å². The molecule has 0 aromatic heterocycles. The van der Waals surface area contributed by atoms with Gasteiger partial charge in [0.05, 0.1) is 7.11 Å². The first-order chi connectivity index (χ1) is 8.70. The topological polar surface area (TPSA) is 55.6 Å². The number of methoxy groups -OCH3 is 1. The Bertz CT molecular complexity index is 420. The fourth-order valence-electron chi connectivity index (χ4n) is 2.34. The summed E-state index contributed by atoms with van der Waals surface area (Å²) >= 11 is 0. The average Bonchev–Trinajstić information content (AvgIpc) is 2.43. The summed E-state index contributed by atoms with van der Waals surface area (Å²) in [6.07, 6.45) is 1.72. The maximum Gasteiger partial charge on any atom is 0.322 e. The van der Waals surface area contributed by atoms with Gasteiger partial charge in [0, 0.05) is 19.6 Å². The minimum Gasteiger partial charge on any atom is -0.468 e. The maximum absolute atomic E-state index is 11.2. The SMILES string of the molecule is COC(=O)C(N)CCN1CCc2ccccc2C1. The Balaban J connectivity index is 1.85. The highest BCUT2D eigenvalue weighted by Gasteiger charge is 2.18. The molecule has 2 N–H and O–H groups in total. The third kappa shape index (κ3) is 3.09. The van der Waals surface area contributed by atoms with E-state index >= 15 is 0 Å². The highest BCUT2D eigenvalue weighted by Crippen LogP contribution is 2.18. The zero-order valence-corrected chi connectivity index (χ0v) is 10.8. The number of nitrogens with zero attached hydrogens (tertiary/aromatic N) is 1. The molecule has 0 spiro atoms. The van der Waals surface area contributed by atoms with Crippen LogP contribution in [-0.4, -0.2) is 37.1 Å². The Morgan fingerprint density at radius 2 is 2.17 bits per heavy atom. The van der Waals surface area contributed by atoms with Crippen LogP contribution in [0.5, 0.6) is 0 Å². The fraction of sp³-hybridized carbons (Fsp3) is 0.500. The van der Waals surface area contributed by atoms with E-state index in [1.54, 1.807) is 0 Å². The molecule has 4 heteroatoms. The van der Waals surface area contributed by atoms with Crippen molar-refractivity contribution in [3.05, 3.63) is 35.4 Å². The second kappa shape index (κ2) is 5.98. The van der Waals surface area contributed by atoms with E-state index < -0.39 is 6.04 Å². The molecule has 1 atom stereocenters. The van der Waals surface area contributed by atoms with E-state index in [4.69, 9.17) is 5.73 Å². The molecule has 0 aliphatic carbocycles. The number of hydrogen-bond acceptors (Lipinski definition) is 4. The number of hydrogen-bond donors (Lipinski definition) is 1. The smallest absolute Gasteiger partial charge is 0.322 e. The van der Waals surface area contributed by atoms with E-state index in [0.29, 0.717) is 6.42 Å². The molecular formula is C14H20N2O2. The molecule has 1 unspecified atom stereocenters. The van der Waals surface area contributed by atoms with E-state index in [9.17, 15) is 4.79 Å². The number of rotatable bonds is 4. The van der Waals surface area contributed by atoms with Crippen LogP contribution in [-0.2, 0) is 22.5 Å². The standard InChI is InChI=1S/C14H20N2O2/c1-18-14(17)13(15)7-9-16-8-6-11-4-2-3-5-12(11)10-16/h2-5,13H,6-10,15H2,1H3. The highest BCUT2D eigenvalue weighted by molar-refractivity contribution is 5.75. The molecule has 1 heterocycles. The van der Waals surface area contributed by atoms with Crippen LogP contribution in [0.25, 0.3) is 0 Å². The van der Waals surface area contributed by atoms with Gasteiger partial charge in [-0.05, 0) is 24.0 Å². The summed E-state index contributed by atoms with van der Waals surface area (Å²) in [5, 5.41) is 0. The lowest BCUT2D eigenvalue weighted by Gasteiger charge is -2.29. The van der Waals surface area contributed by atoms with E-state index in [2.05, 4.69) is 33.9 Å². The Morgan fingerprint density at radius 1 is 1.44 bits per heavy atom. The molecular weight excluding hydrogens is 228 g/mol. The molecule has 1 aliphatic heterocycles. The van der Waals surface area contributed by atoms with Gasteiger partial charge in [-0.2, -0.15) is 0 Å². The third-order valence-electron chi connectivity index (χ3n) is 3.47. The average molecular weight is 248 g/mol. The van der Waals surface area contributed by atoms with Crippen molar-refractivity contribution in [1.29, 1.82) is 0 Å². The number of ether oxygens (including phenoxy) is 1. The summed E-state index contributed by atoms with van der Waals surface area (Å²) in [5.41, 5.74) is 8.56. The number of nitrogens with two attached hydrogens (primary N) is 1. The number of fused-ring (bicyclic) bond motifs is 1. The maximum atomic E-state index is 11.2. The summed E-state index contributed by atoms with van der Waals surface area (Å²) in [5.74, 6) is -0.326. The molecule has 0 saturated heterocycles. The minimum atomic E-state index is -0.507. The van der Waals surface area contributed by atoms with Crippen LogP contribution in [0, 0.1) is 0 Å². The molecule has 1 aromatic carbocycles. The highest BCUT2D eigenvalue weighted by atomic mass is 16.5. The Hall–Kier alpha value is -1.39. The second-order valence-corrected chi connectivity index (χ2v) is 4.71. The number of benzene rings is 1. The van der Waals surface area contributed by atoms with Gasteiger partial charge < -0.3 is 10.5 Å². The lowest BCUT2D eigenvalue weighted by atomic mass is 9.99. The zero-order chi connectivity index (χ0) is 13.0. The van der Waals surface area contributed by atoms with Crippen molar-refractivity contribution in [2.45, 2.75) is 25.4 Å². The predicted molar refractivity (Wildman–Crippen MR) is 70.0 cm³/mol. The predicted octanol–water partition coefficient (Wildman–Crippen LogP) is 0.935. The summed E-state index contributed by atoms with van der Waals surface area (Å²) in [7, 11) is 1.37. The van der Waals surface area contributed by atoms with Crippen molar-refractivity contribution in [2.75, 3.05) is 20.2 Å². The monoisotopic (exact) mass is 248 g/mol. The molecule has 98 valence electrons. The van der Waals surface area contributed by atoms with Crippen molar-refractivity contribution < 1.29 is 9.53 Å². The summed E-state index contributed by atoms with van der Waals surface area (Å²) in [4.78, 5) is 13.6. The second-order valence-electron chi connectivity index (χ2n) is 4.71. The third-order valence-corrected chi connectivity index (χ3v) is 3.47. The van der Waals surface area contributed by atoms with Crippen LogP contribution < -0.4 is 5.73 Å². The van der Waals surface area contributed by atoms with E-state index in [1.807, 2.05) is 0 Å². The lowest BCUT2D eigenvalue weighted by Crippen LogP contribution is -2.38. The Morgan fingerprint density at radius 3 is 2.89 bits per heavy atom. The van der Waals surface area contributed by atoms with Gasteiger partial charge in [0.2, 0.25) is 0 Å². The molecule has 1 aromatic rings. The number of carbonyl (C=O) groups excluding carboxylic acids is 1. The van der Waals surface area contributed by atoms with Crippen LogP contribution >= 0.6 is 0 Å². The first kappa shape index (κ1) is 13.1. The lowest BCUT2D eigenvalue weighted by molar-refractivity contribution is -0.142. The van der Waals surface area contributed by atoms with Crippen molar-refractivity contribution in [2.24, 2.45) is 5.73 Å². The van der Waals surface area contributed by atoms with Gasteiger partial charge >= 0.3 is 5.97 Å². The molecule has 4 nitrogen and oxygen atoms in total. The van der Waals surface area contributed by atoms with Gasteiger partial charge in [0.15, 0.2) is 0 Å². The number of carbonyl (C=O) groups is 1. The Labute approximate surface area is 108 Å².